The van der Waals surface area contributed by atoms with Gasteiger partial charge in [-0.2, -0.15) is 0 Å². The molecule has 0 aliphatic heterocycles. The zero-order chi connectivity index (χ0) is 19.8. The van der Waals surface area contributed by atoms with Gasteiger partial charge in [-0.3, -0.25) is 4.99 Å². The van der Waals surface area contributed by atoms with Gasteiger partial charge in [-0.05, 0) is 42.8 Å². The first-order valence-electron chi connectivity index (χ1n) is 8.86. The highest BCUT2D eigenvalue weighted by atomic mass is 32.1. The second-order valence-electron chi connectivity index (χ2n) is 6.02. The molecule has 1 aromatic carbocycles. The van der Waals surface area contributed by atoms with Crippen molar-refractivity contribution < 1.29 is 9.13 Å². The second kappa shape index (κ2) is 9.80. The van der Waals surface area contributed by atoms with Gasteiger partial charge in [0, 0.05) is 44.2 Å². The summed E-state index contributed by atoms with van der Waals surface area (Å²) < 4.78 is 18.7. The number of halogens is 1. The molecule has 0 atom stereocenters. The van der Waals surface area contributed by atoms with Crippen LogP contribution in [0.25, 0.3) is 0 Å². The number of nitrogens with zero attached hydrogens (tertiary/aromatic N) is 3. The van der Waals surface area contributed by atoms with Gasteiger partial charge in [-0.1, -0.05) is 0 Å². The van der Waals surface area contributed by atoms with Crippen LogP contribution in [0.3, 0.4) is 0 Å². The van der Waals surface area contributed by atoms with E-state index in [9.17, 15) is 4.39 Å². The largest absolute Gasteiger partial charge is 0.439 e. The van der Waals surface area contributed by atoms with Crippen molar-refractivity contribution in [2.24, 2.45) is 4.99 Å². The maximum atomic E-state index is 13.0. The standard InChI is InChI=1S/C20H22FN5OS/c1-14-26-17(13-28-14)8-10-24-20(22-2)25-12-15-7-9-23-19(11-15)27-18-5-3-16(21)4-6-18/h3-7,9,11,13H,8,10,12H2,1-2H3,(H2,22,24,25). The van der Waals surface area contributed by atoms with Crippen molar-refractivity contribution in [1.82, 2.24) is 20.6 Å². The van der Waals surface area contributed by atoms with E-state index < -0.39 is 0 Å². The van der Waals surface area contributed by atoms with Gasteiger partial charge in [0.2, 0.25) is 5.88 Å². The number of ether oxygens (including phenoxy) is 1. The van der Waals surface area contributed by atoms with E-state index in [1.54, 1.807) is 36.7 Å². The molecule has 0 saturated carbocycles. The molecule has 28 heavy (non-hydrogen) atoms. The van der Waals surface area contributed by atoms with Gasteiger partial charge in [-0.25, -0.2) is 14.4 Å². The van der Waals surface area contributed by atoms with Crippen LogP contribution >= 0.6 is 11.3 Å². The van der Waals surface area contributed by atoms with E-state index in [0.717, 1.165) is 29.2 Å². The van der Waals surface area contributed by atoms with Crippen molar-refractivity contribution in [2.45, 2.75) is 19.9 Å². The molecule has 6 nitrogen and oxygen atoms in total. The van der Waals surface area contributed by atoms with Crippen molar-refractivity contribution in [2.75, 3.05) is 13.6 Å². The molecule has 3 rings (SSSR count). The molecule has 0 aliphatic rings. The summed E-state index contributed by atoms with van der Waals surface area (Å²) in [6.45, 7) is 3.32. The van der Waals surface area contributed by atoms with Crippen LogP contribution in [0.5, 0.6) is 11.6 Å². The molecule has 2 N–H and O–H groups in total. The number of aryl methyl sites for hydroxylation is 1. The Balaban J connectivity index is 1.49. The third-order valence-electron chi connectivity index (χ3n) is 3.86. The SMILES string of the molecule is CN=C(NCCc1csc(C)n1)NCc1ccnc(Oc2ccc(F)cc2)c1. The van der Waals surface area contributed by atoms with E-state index in [4.69, 9.17) is 4.74 Å². The quantitative estimate of drug-likeness (QED) is 0.468. The van der Waals surface area contributed by atoms with Crippen LogP contribution in [0.1, 0.15) is 16.3 Å². The highest BCUT2D eigenvalue weighted by Crippen LogP contribution is 2.20. The molecule has 0 amide bonds. The van der Waals surface area contributed by atoms with Crippen molar-refractivity contribution in [3.63, 3.8) is 0 Å². The number of aromatic nitrogens is 2. The van der Waals surface area contributed by atoms with Crippen LogP contribution in [-0.4, -0.2) is 29.5 Å². The number of rotatable bonds is 7. The predicted octanol–water partition coefficient (Wildman–Crippen LogP) is 3.69. The van der Waals surface area contributed by atoms with Gasteiger partial charge in [0.15, 0.2) is 5.96 Å². The first-order valence-corrected chi connectivity index (χ1v) is 9.74. The number of thiazole rings is 1. The van der Waals surface area contributed by atoms with Crippen LogP contribution in [-0.2, 0) is 13.0 Å². The number of benzene rings is 1. The zero-order valence-corrected chi connectivity index (χ0v) is 16.6. The molecule has 0 unspecified atom stereocenters. The fourth-order valence-electron chi connectivity index (χ4n) is 2.48. The summed E-state index contributed by atoms with van der Waals surface area (Å²) >= 11 is 1.66. The highest BCUT2D eigenvalue weighted by Gasteiger charge is 2.04. The lowest BCUT2D eigenvalue weighted by molar-refractivity contribution is 0.460. The Morgan fingerprint density at radius 3 is 2.75 bits per heavy atom. The van der Waals surface area contributed by atoms with Gasteiger partial charge in [0.25, 0.3) is 0 Å². The average molecular weight is 399 g/mol. The number of nitrogens with one attached hydrogen (secondary N) is 2. The summed E-state index contributed by atoms with van der Waals surface area (Å²) in [6, 6.07) is 9.57. The molecule has 146 valence electrons. The Labute approximate surface area is 167 Å². The average Bonchev–Trinajstić information content (AvgIpc) is 3.12. The minimum absolute atomic E-state index is 0.304. The summed E-state index contributed by atoms with van der Waals surface area (Å²) in [5, 5.41) is 9.70. The molecule has 2 heterocycles. The predicted molar refractivity (Wildman–Crippen MR) is 109 cm³/mol. The number of hydrogen-bond acceptors (Lipinski definition) is 5. The topological polar surface area (TPSA) is 71.4 Å². The van der Waals surface area contributed by atoms with E-state index in [0.29, 0.717) is 24.1 Å². The fraction of sp³-hybridized carbons (Fsp3) is 0.250. The number of pyridine rings is 1. The van der Waals surface area contributed by atoms with E-state index in [-0.39, 0.29) is 5.82 Å². The Morgan fingerprint density at radius 1 is 1.21 bits per heavy atom. The molecule has 0 spiro atoms. The number of aliphatic imine (C=N–C) groups is 1. The molecule has 0 fully saturated rings. The monoisotopic (exact) mass is 399 g/mol. The van der Waals surface area contributed by atoms with Gasteiger partial charge in [0.1, 0.15) is 11.6 Å². The summed E-state index contributed by atoms with van der Waals surface area (Å²) in [7, 11) is 1.73. The molecule has 0 bridgehead atoms. The fourth-order valence-corrected chi connectivity index (χ4v) is 3.13. The van der Waals surface area contributed by atoms with Crippen LogP contribution in [0, 0.1) is 12.7 Å². The summed E-state index contributed by atoms with van der Waals surface area (Å²) in [5.41, 5.74) is 2.08. The van der Waals surface area contributed by atoms with Crippen molar-refractivity contribution in [1.29, 1.82) is 0 Å². The normalized spacial score (nSPS) is 11.3. The van der Waals surface area contributed by atoms with Gasteiger partial charge < -0.3 is 15.4 Å². The van der Waals surface area contributed by atoms with Crippen LogP contribution in [0.2, 0.25) is 0 Å². The maximum absolute atomic E-state index is 13.0. The Bertz CT molecular complexity index is 926. The van der Waals surface area contributed by atoms with Crippen molar-refractivity contribution in [3.8, 4) is 11.6 Å². The van der Waals surface area contributed by atoms with E-state index in [2.05, 4.69) is 31.0 Å². The minimum Gasteiger partial charge on any atom is -0.439 e. The zero-order valence-electron chi connectivity index (χ0n) is 15.8. The minimum atomic E-state index is -0.304. The summed E-state index contributed by atoms with van der Waals surface area (Å²) in [4.78, 5) is 12.9. The van der Waals surface area contributed by atoms with Gasteiger partial charge in [-0.15, -0.1) is 11.3 Å². The molecule has 0 radical (unpaired) electrons. The Morgan fingerprint density at radius 2 is 2.04 bits per heavy atom. The Kier molecular flexibility index (Phi) is 6.91. The third kappa shape index (κ3) is 6.02. The lowest BCUT2D eigenvalue weighted by atomic mass is 10.2. The summed E-state index contributed by atoms with van der Waals surface area (Å²) in [5.74, 6) is 1.40. The molecule has 0 aliphatic carbocycles. The van der Waals surface area contributed by atoms with Gasteiger partial charge in [0.05, 0.1) is 10.7 Å². The van der Waals surface area contributed by atoms with E-state index in [1.165, 1.54) is 12.1 Å². The van der Waals surface area contributed by atoms with E-state index in [1.807, 2.05) is 19.1 Å². The van der Waals surface area contributed by atoms with E-state index >= 15 is 0 Å². The van der Waals surface area contributed by atoms with Gasteiger partial charge >= 0.3 is 0 Å². The number of guanidine groups is 1. The third-order valence-corrected chi connectivity index (χ3v) is 4.68. The molecule has 3 aromatic rings. The first kappa shape index (κ1) is 19.8. The van der Waals surface area contributed by atoms with Crippen LogP contribution in [0.4, 0.5) is 4.39 Å². The Hall–Kier alpha value is -3.00. The van der Waals surface area contributed by atoms with Crippen molar-refractivity contribution >= 4 is 17.3 Å². The first-order chi connectivity index (χ1) is 13.6. The molecular formula is C20H22FN5OS. The summed E-state index contributed by atoms with van der Waals surface area (Å²) in [6.07, 6.45) is 2.52. The lowest BCUT2D eigenvalue weighted by Crippen LogP contribution is -2.37. The second-order valence-corrected chi connectivity index (χ2v) is 7.08. The molecule has 0 saturated heterocycles. The van der Waals surface area contributed by atoms with Crippen LogP contribution < -0.4 is 15.4 Å². The van der Waals surface area contributed by atoms with Crippen molar-refractivity contribution in [3.05, 3.63) is 70.1 Å². The highest BCUT2D eigenvalue weighted by molar-refractivity contribution is 7.09. The number of hydrogen-bond donors (Lipinski definition) is 2. The molecule has 8 heteroatoms. The lowest BCUT2D eigenvalue weighted by Gasteiger charge is -2.12. The molecular weight excluding hydrogens is 377 g/mol. The molecule has 2 aromatic heterocycles. The maximum Gasteiger partial charge on any atom is 0.219 e. The van der Waals surface area contributed by atoms with Crippen LogP contribution in [0.15, 0.2) is 53.0 Å². The smallest absolute Gasteiger partial charge is 0.219 e.